The van der Waals surface area contributed by atoms with E-state index in [-0.39, 0.29) is 22.8 Å². The molecule has 10 nitrogen and oxygen atoms in total. The zero-order valence-electron chi connectivity index (χ0n) is 17.6. The molecule has 170 valence electrons. The average molecular weight is 456 g/mol. The molecule has 31 heavy (non-hydrogen) atoms. The molecule has 2 aliphatic heterocycles. The highest BCUT2D eigenvalue weighted by molar-refractivity contribution is 7.85. The number of aromatic carboxylic acids is 1. The van der Waals surface area contributed by atoms with Gasteiger partial charge in [-0.2, -0.15) is 8.42 Å². The van der Waals surface area contributed by atoms with Crippen LogP contribution < -0.4 is 15.6 Å². The number of piperazine rings is 1. The Hall–Kier alpha value is -2.57. The molecule has 12 heteroatoms. The van der Waals surface area contributed by atoms with Gasteiger partial charge in [0.15, 0.2) is 11.6 Å². The predicted molar refractivity (Wildman–Crippen MR) is 113 cm³/mol. The van der Waals surface area contributed by atoms with E-state index in [1.807, 2.05) is 25.7 Å². The number of rotatable bonds is 2. The number of carbonyl (C=O) groups is 1. The van der Waals surface area contributed by atoms with Crippen LogP contribution in [0.4, 0.5) is 10.2 Å². The van der Waals surface area contributed by atoms with Crippen LogP contribution in [0.25, 0.3) is 11.0 Å². The molecule has 2 bridgehead atoms. The number of carboxylic acid groups (broad SMARTS) is 1. The third-order valence-electron chi connectivity index (χ3n) is 5.19. The Morgan fingerprint density at radius 2 is 1.97 bits per heavy atom. The minimum absolute atomic E-state index is 0.0106. The summed E-state index contributed by atoms with van der Waals surface area (Å²) in [7, 11) is -3.67. The van der Waals surface area contributed by atoms with Gasteiger partial charge in [-0.25, -0.2) is 14.2 Å². The van der Waals surface area contributed by atoms with Gasteiger partial charge in [0.05, 0.1) is 11.6 Å². The Labute approximate surface area is 178 Å². The fourth-order valence-corrected chi connectivity index (χ4v) is 3.90. The fourth-order valence-electron chi connectivity index (χ4n) is 3.90. The molecule has 0 radical (unpaired) electrons. The summed E-state index contributed by atoms with van der Waals surface area (Å²) in [5.41, 5.74) is -1.31. The van der Waals surface area contributed by atoms with E-state index >= 15 is 0 Å². The smallest absolute Gasteiger partial charge is 0.341 e. The molecule has 2 aliphatic rings. The lowest BCUT2D eigenvalue weighted by molar-refractivity contribution is 0.0694. The number of nitrogens with zero attached hydrogens (tertiary/aromatic N) is 3. The molecule has 2 atom stereocenters. The summed E-state index contributed by atoms with van der Waals surface area (Å²) < 4.78 is 42.3. The predicted octanol–water partition coefficient (Wildman–Crippen LogP) is 1.04. The van der Waals surface area contributed by atoms with E-state index in [1.165, 1.54) is 6.20 Å². The van der Waals surface area contributed by atoms with Crippen molar-refractivity contribution in [3.05, 3.63) is 33.9 Å². The van der Waals surface area contributed by atoms with E-state index < -0.39 is 32.9 Å². The Bertz CT molecular complexity index is 1200. The van der Waals surface area contributed by atoms with Crippen molar-refractivity contribution in [1.29, 1.82) is 0 Å². The minimum Gasteiger partial charge on any atom is -0.477 e. The topological polar surface area (TPSA) is 142 Å². The number of hydrogen-bond donors (Lipinski definition) is 3. The molecule has 0 aromatic carbocycles. The molecule has 4 rings (SSSR count). The SMILES string of the molecule is CC(C)(C)n1cc(C(=O)O)c(=O)c2cc(F)c(N3C[C@H]4C[C@@H]3CN4)nc21.CS(=O)(=O)O. The summed E-state index contributed by atoms with van der Waals surface area (Å²) in [5, 5.41) is 12.7. The Morgan fingerprint density at radius 3 is 2.42 bits per heavy atom. The van der Waals surface area contributed by atoms with E-state index in [1.54, 1.807) is 4.57 Å². The minimum atomic E-state index is -3.67. The van der Waals surface area contributed by atoms with Gasteiger partial charge in [-0.1, -0.05) is 0 Å². The molecule has 2 aromatic rings. The van der Waals surface area contributed by atoms with Gasteiger partial charge in [-0.15, -0.1) is 0 Å². The van der Waals surface area contributed by atoms with Crippen molar-refractivity contribution < 1.29 is 27.3 Å². The van der Waals surface area contributed by atoms with Crippen LogP contribution in [0.3, 0.4) is 0 Å². The number of aromatic nitrogens is 2. The molecule has 0 aliphatic carbocycles. The van der Waals surface area contributed by atoms with Crippen molar-refractivity contribution in [2.24, 2.45) is 0 Å². The zero-order valence-corrected chi connectivity index (χ0v) is 18.4. The van der Waals surface area contributed by atoms with Gasteiger partial charge in [0, 0.05) is 36.9 Å². The van der Waals surface area contributed by atoms with Crippen molar-refractivity contribution in [2.75, 3.05) is 24.2 Å². The van der Waals surface area contributed by atoms with Crippen LogP contribution >= 0.6 is 0 Å². The molecule has 2 fully saturated rings. The van der Waals surface area contributed by atoms with Crippen molar-refractivity contribution in [2.45, 2.75) is 44.8 Å². The first-order valence-electron chi connectivity index (χ1n) is 9.59. The van der Waals surface area contributed by atoms with E-state index in [4.69, 9.17) is 4.55 Å². The van der Waals surface area contributed by atoms with E-state index in [0.29, 0.717) is 24.5 Å². The number of halogens is 1. The molecule has 3 N–H and O–H groups in total. The van der Waals surface area contributed by atoms with Crippen LogP contribution in [0.15, 0.2) is 17.1 Å². The molecule has 0 saturated carbocycles. The first-order chi connectivity index (χ1) is 14.2. The Morgan fingerprint density at radius 1 is 1.35 bits per heavy atom. The summed E-state index contributed by atoms with van der Waals surface area (Å²) in [4.78, 5) is 30.4. The van der Waals surface area contributed by atoms with Gasteiger partial charge in [-0.05, 0) is 33.3 Å². The highest BCUT2D eigenvalue weighted by Crippen LogP contribution is 2.32. The number of carboxylic acids is 1. The molecule has 2 aromatic heterocycles. The summed E-state index contributed by atoms with van der Waals surface area (Å²) in [6.45, 7) is 7.11. The first-order valence-corrected chi connectivity index (χ1v) is 11.4. The van der Waals surface area contributed by atoms with Crippen molar-refractivity contribution in [3.63, 3.8) is 0 Å². The highest BCUT2D eigenvalue weighted by atomic mass is 32.2. The van der Waals surface area contributed by atoms with Crippen LogP contribution in [-0.2, 0) is 15.7 Å². The van der Waals surface area contributed by atoms with Gasteiger partial charge in [-0.3, -0.25) is 9.35 Å². The third kappa shape index (κ3) is 4.86. The van der Waals surface area contributed by atoms with Crippen molar-refractivity contribution in [1.82, 2.24) is 14.9 Å². The third-order valence-corrected chi connectivity index (χ3v) is 5.19. The highest BCUT2D eigenvalue weighted by Gasteiger charge is 2.39. The van der Waals surface area contributed by atoms with E-state index in [0.717, 1.165) is 19.0 Å². The number of nitrogens with one attached hydrogen (secondary N) is 1. The largest absolute Gasteiger partial charge is 0.477 e. The monoisotopic (exact) mass is 456 g/mol. The maximum absolute atomic E-state index is 14.8. The standard InChI is InChI=1S/C18H21FN4O3.CH4O3S/c1-18(2,3)23-8-12(17(25)26)14(24)11-5-13(19)16(21-15(11)23)22-7-9-4-10(22)6-20-9;1-5(2,3)4/h5,8-10,20H,4,6-7H2,1-3H3,(H,25,26);1H3,(H,2,3,4)/t9-,10-;/m1./s1. The lowest BCUT2D eigenvalue weighted by Crippen LogP contribution is -2.44. The van der Waals surface area contributed by atoms with Gasteiger partial charge < -0.3 is 19.9 Å². The van der Waals surface area contributed by atoms with Crippen molar-refractivity contribution in [3.8, 4) is 0 Å². The average Bonchev–Trinajstić information content (AvgIpc) is 3.22. The van der Waals surface area contributed by atoms with Crippen molar-refractivity contribution >= 4 is 32.9 Å². The summed E-state index contributed by atoms with van der Waals surface area (Å²) >= 11 is 0. The maximum Gasteiger partial charge on any atom is 0.341 e. The number of hydrogen-bond acceptors (Lipinski definition) is 7. The second-order valence-corrected chi connectivity index (χ2v) is 10.2. The van der Waals surface area contributed by atoms with Crippen LogP contribution in [0.5, 0.6) is 0 Å². The fraction of sp³-hybridized carbons (Fsp3) is 0.526. The van der Waals surface area contributed by atoms with Crippen LogP contribution in [0.2, 0.25) is 0 Å². The normalized spacial score (nSPS) is 20.6. The molecule has 0 unspecified atom stereocenters. The van der Waals surface area contributed by atoms with Crippen LogP contribution in [-0.4, -0.2) is 65.0 Å². The second kappa shape index (κ2) is 7.84. The number of anilines is 1. The molecular weight excluding hydrogens is 431 g/mol. The van der Waals surface area contributed by atoms with Crippen LogP contribution in [0, 0.1) is 5.82 Å². The quantitative estimate of drug-likeness (QED) is 0.565. The number of pyridine rings is 2. The lowest BCUT2D eigenvalue weighted by Gasteiger charge is -2.30. The Kier molecular flexibility index (Phi) is 5.84. The summed E-state index contributed by atoms with van der Waals surface area (Å²) in [5.74, 6) is -1.69. The molecule has 2 saturated heterocycles. The lowest BCUT2D eigenvalue weighted by atomic mass is 10.1. The van der Waals surface area contributed by atoms with Gasteiger partial charge in [0.25, 0.3) is 10.1 Å². The maximum atomic E-state index is 14.8. The summed E-state index contributed by atoms with van der Waals surface area (Å²) in [6, 6.07) is 1.65. The summed E-state index contributed by atoms with van der Waals surface area (Å²) in [6.07, 6.45) is 2.97. The van der Waals surface area contributed by atoms with Gasteiger partial charge in [0.1, 0.15) is 11.2 Å². The van der Waals surface area contributed by atoms with Gasteiger partial charge in [0.2, 0.25) is 5.43 Å². The Balaban J connectivity index is 0.000000491. The zero-order chi connectivity index (χ0) is 23.3. The van der Waals surface area contributed by atoms with Crippen LogP contribution in [0.1, 0.15) is 37.6 Å². The first kappa shape index (κ1) is 23.1. The van der Waals surface area contributed by atoms with E-state index in [9.17, 15) is 27.5 Å². The molecule has 4 heterocycles. The second-order valence-electron chi connectivity index (χ2n) is 8.76. The molecule has 0 spiro atoms. The molecule has 0 amide bonds. The van der Waals surface area contributed by atoms with Gasteiger partial charge >= 0.3 is 5.97 Å². The van der Waals surface area contributed by atoms with E-state index in [2.05, 4.69) is 10.3 Å². The molecular formula is C19H25FN4O6S. The number of fused-ring (bicyclic) bond motifs is 3.